The Morgan fingerprint density at radius 2 is 2.10 bits per heavy atom. The molecule has 0 fully saturated rings. The van der Waals surface area contributed by atoms with Crippen LogP contribution in [0, 0.1) is 11.2 Å². The number of halogens is 1. The lowest BCUT2D eigenvalue weighted by molar-refractivity contribution is 0.565. The normalized spacial score (nSPS) is 10.2. The predicted molar refractivity (Wildman–Crippen MR) is 37.3 cm³/mol. The van der Waals surface area contributed by atoms with Crippen molar-refractivity contribution >= 4 is 10.2 Å². The van der Waals surface area contributed by atoms with E-state index in [0.29, 0.717) is 6.42 Å². The Labute approximate surface area is 60.6 Å². The Morgan fingerprint density at radius 3 is 2.50 bits per heavy atom. The number of hydrogen-bond donors (Lipinski definition) is 0. The highest BCUT2D eigenvalue weighted by Crippen LogP contribution is 1.92. The van der Waals surface area contributed by atoms with Crippen LogP contribution in [0.25, 0.3) is 0 Å². The molecule has 0 aliphatic heterocycles. The molecule has 0 radical (unpaired) electrons. The fourth-order valence-electron chi connectivity index (χ4n) is 0.402. The lowest BCUT2D eigenvalue weighted by atomic mass is 10.3. The molecule has 0 heterocycles. The molecule has 0 bridgehead atoms. The minimum atomic E-state index is -4.57. The number of hydrogen-bond acceptors (Lipinski definition) is 2. The highest BCUT2D eigenvalue weighted by atomic mass is 32.3. The second kappa shape index (κ2) is 4.29. The Bertz CT molecular complexity index is 232. The van der Waals surface area contributed by atoms with Gasteiger partial charge in [-0.15, -0.1) is 0 Å². The first kappa shape index (κ1) is 9.44. The second-order valence-electron chi connectivity index (χ2n) is 1.82. The van der Waals surface area contributed by atoms with Gasteiger partial charge in [-0.25, -0.2) is 0 Å². The van der Waals surface area contributed by atoms with Gasteiger partial charge < -0.3 is 0 Å². The molecule has 0 aliphatic carbocycles. The summed E-state index contributed by atoms with van der Waals surface area (Å²) >= 11 is 0. The van der Waals surface area contributed by atoms with Gasteiger partial charge in [-0.05, 0) is 6.42 Å². The summed E-state index contributed by atoms with van der Waals surface area (Å²) in [4.78, 5) is 0. The van der Waals surface area contributed by atoms with Crippen LogP contribution in [-0.2, 0) is 10.2 Å². The lowest BCUT2D eigenvalue weighted by Crippen LogP contribution is -1.81. The molecule has 58 valence electrons. The molecule has 0 aromatic rings. The zero-order valence-corrected chi connectivity index (χ0v) is 6.54. The van der Waals surface area contributed by atoms with Gasteiger partial charge in [0, 0.05) is 6.42 Å². The van der Waals surface area contributed by atoms with E-state index in [4.69, 9.17) is 0 Å². The topological polar surface area (TPSA) is 34.1 Å². The van der Waals surface area contributed by atoms with Crippen LogP contribution < -0.4 is 0 Å². The van der Waals surface area contributed by atoms with Crippen LogP contribution in [0.4, 0.5) is 3.89 Å². The van der Waals surface area contributed by atoms with Crippen molar-refractivity contribution in [2.24, 2.45) is 0 Å². The molecule has 0 aromatic heterocycles. The molecule has 2 nitrogen and oxygen atoms in total. The summed E-state index contributed by atoms with van der Waals surface area (Å²) in [7, 11) is -4.57. The first-order chi connectivity index (χ1) is 4.56. The maximum atomic E-state index is 11.6. The monoisotopic (exact) mass is 164 g/mol. The third kappa shape index (κ3) is 7.44. The van der Waals surface area contributed by atoms with E-state index in [2.05, 4.69) is 5.92 Å². The van der Waals surface area contributed by atoms with Crippen molar-refractivity contribution in [2.75, 3.05) is 0 Å². The van der Waals surface area contributed by atoms with Gasteiger partial charge >= 0.3 is 10.2 Å². The van der Waals surface area contributed by atoms with Crippen LogP contribution >= 0.6 is 0 Å². The van der Waals surface area contributed by atoms with Gasteiger partial charge in [0.2, 0.25) is 0 Å². The third-order valence-corrected chi connectivity index (χ3v) is 1.24. The summed E-state index contributed by atoms with van der Waals surface area (Å²) in [5, 5.41) is 1.51. The van der Waals surface area contributed by atoms with Crippen molar-refractivity contribution in [3.8, 4) is 11.2 Å². The minimum absolute atomic E-state index is 0.444. The zero-order chi connectivity index (χ0) is 8.04. The largest absolute Gasteiger partial charge is 0.373 e. The average Bonchev–Trinajstić information content (AvgIpc) is 1.78. The molecule has 0 saturated carbocycles. The van der Waals surface area contributed by atoms with Crippen LogP contribution in [0.5, 0.6) is 0 Å². The van der Waals surface area contributed by atoms with E-state index in [1.807, 2.05) is 6.92 Å². The standard InChI is InChI=1S/C6H9FO2S/c1-2-3-4-5-6-10(7,8)9/h2-4H2,1H3. The lowest BCUT2D eigenvalue weighted by Gasteiger charge is -1.81. The van der Waals surface area contributed by atoms with Crippen LogP contribution in [0.2, 0.25) is 0 Å². The molecule has 0 unspecified atom stereocenters. The van der Waals surface area contributed by atoms with Crippen molar-refractivity contribution in [1.82, 2.24) is 0 Å². The maximum absolute atomic E-state index is 11.6. The SMILES string of the molecule is CCCCC#CS(=O)(=O)F. The molecule has 4 heteroatoms. The van der Waals surface area contributed by atoms with E-state index in [-0.39, 0.29) is 0 Å². The van der Waals surface area contributed by atoms with E-state index in [1.165, 1.54) is 5.25 Å². The van der Waals surface area contributed by atoms with Crippen molar-refractivity contribution < 1.29 is 12.3 Å². The van der Waals surface area contributed by atoms with Gasteiger partial charge in [0.15, 0.2) is 0 Å². The van der Waals surface area contributed by atoms with Gasteiger partial charge in [0.05, 0.1) is 5.25 Å². The fraction of sp³-hybridized carbons (Fsp3) is 0.667. The maximum Gasteiger partial charge on any atom is 0.373 e. The first-order valence-corrected chi connectivity index (χ1v) is 4.39. The van der Waals surface area contributed by atoms with E-state index < -0.39 is 10.2 Å². The van der Waals surface area contributed by atoms with E-state index in [0.717, 1.165) is 12.8 Å². The molecular weight excluding hydrogens is 155 g/mol. The van der Waals surface area contributed by atoms with Crippen LogP contribution in [-0.4, -0.2) is 8.42 Å². The molecule has 0 rings (SSSR count). The Morgan fingerprint density at radius 1 is 1.50 bits per heavy atom. The van der Waals surface area contributed by atoms with Crippen molar-refractivity contribution in [3.63, 3.8) is 0 Å². The van der Waals surface area contributed by atoms with E-state index >= 15 is 0 Å². The second-order valence-corrected chi connectivity index (χ2v) is 2.90. The highest BCUT2D eigenvalue weighted by molar-refractivity contribution is 7.91. The molecule has 0 N–H and O–H groups in total. The van der Waals surface area contributed by atoms with Crippen LogP contribution in [0.3, 0.4) is 0 Å². The van der Waals surface area contributed by atoms with Gasteiger partial charge in [0.25, 0.3) is 0 Å². The minimum Gasteiger partial charge on any atom is -0.180 e. The Balaban J connectivity index is 3.72. The average molecular weight is 164 g/mol. The molecule has 10 heavy (non-hydrogen) atoms. The molecule has 0 aromatic carbocycles. The smallest absolute Gasteiger partial charge is 0.180 e. The van der Waals surface area contributed by atoms with Crippen LogP contribution in [0.1, 0.15) is 26.2 Å². The predicted octanol–water partition coefficient (Wildman–Crippen LogP) is 1.44. The molecular formula is C6H9FO2S. The third-order valence-electron chi connectivity index (χ3n) is 0.849. The number of rotatable bonds is 2. The van der Waals surface area contributed by atoms with Gasteiger partial charge in [0.1, 0.15) is 0 Å². The van der Waals surface area contributed by atoms with E-state index in [1.54, 1.807) is 0 Å². The Hall–Kier alpha value is -0.560. The summed E-state index contributed by atoms with van der Waals surface area (Å²) in [5.74, 6) is 2.21. The summed E-state index contributed by atoms with van der Waals surface area (Å²) in [6.45, 7) is 1.95. The molecule has 0 atom stereocenters. The van der Waals surface area contributed by atoms with Gasteiger partial charge in [-0.3, -0.25) is 0 Å². The number of unbranched alkanes of at least 4 members (excludes halogenated alkanes) is 2. The van der Waals surface area contributed by atoms with Crippen molar-refractivity contribution in [2.45, 2.75) is 26.2 Å². The van der Waals surface area contributed by atoms with Crippen molar-refractivity contribution in [3.05, 3.63) is 0 Å². The fourth-order valence-corrected chi connectivity index (χ4v) is 0.677. The zero-order valence-electron chi connectivity index (χ0n) is 5.72. The van der Waals surface area contributed by atoms with Gasteiger partial charge in [-0.2, -0.15) is 8.42 Å². The first-order valence-electron chi connectivity index (χ1n) is 3.00. The summed E-state index contributed by atoms with van der Waals surface area (Å²) in [5.41, 5.74) is 0. The van der Waals surface area contributed by atoms with Crippen molar-refractivity contribution in [1.29, 1.82) is 0 Å². The van der Waals surface area contributed by atoms with Gasteiger partial charge in [-0.1, -0.05) is 23.2 Å². The molecule has 0 spiro atoms. The summed E-state index contributed by atoms with van der Waals surface area (Å²) in [6, 6.07) is 0. The quantitative estimate of drug-likeness (QED) is 0.351. The van der Waals surface area contributed by atoms with E-state index in [9.17, 15) is 12.3 Å². The molecule has 0 amide bonds. The molecule has 0 saturated heterocycles. The Kier molecular flexibility index (Phi) is 4.05. The highest BCUT2D eigenvalue weighted by Gasteiger charge is 1.96. The summed E-state index contributed by atoms with van der Waals surface area (Å²) in [6.07, 6.45) is 2.18. The molecule has 0 aliphatic rings. The van der Waals surface area contributed by atoms with Crippen LogP contribution in [0.15, 0.2) is 0 Å². The summed E-state index contributed by atoms with van der Waals surface area (Å²) < 4.78 is 31.1.